The number of furan rings is 1. The van der Waals surface area contributed by atoms with Gasteiger partial charge in [-0.2, -0.15) is 0 Å². The Balaban J connectivity index is 1.49. The van der Waals surface area contributed by atoms with Crippen LogP contribution in [0.25, 0.3) is 0 Å². The number of hydrogen-bond acceptors (Lipinski definition) is 5. The van der Waals surface area contributed by atoms with E-state index in [1.54, 1.807) is 12.3 Å². The van der Waals surface area contributed by atoms with E-state index in [1.165, 1.54) is 6.07 Å². The average Bonchev–Trinajstić information content (AvgIpc) is 3.11. The summed E-state index contributed by atoms with van der Waals surface area (Å²) in [5.74, 6) is 0.237. The Morgan fingerprint density at radius 3 is 3.00 bits per heavy atom. The van der Waals surface area contributed by atoms with Crippen LogP contribution in [-0.2, 0) is 17.8 Å². The lowest BCUT2D eigenvalue weighted by molar-refractivity contribution is 0.0915. The normalized spacial score (nSPS) is 13.5. The second-order valence-electron chi connectivity index (χ2n) is 5.92. The minimum absolute atomic E-state index is 0.0227. The molecule has 0 saturated carbocycles. The molecule has 132 valence electrons. The van der Waals surface area contributed by atoms with Crippen molar-refractivity contribution in [2.45, 2.75) is 32.3 Å². The maximum absolute atomic E-state index is 12.2. The maximum Gasteiger partial charge on any atom is 0.261 e. The van der Waals surface area contributed by atoms with Crippen molar-refractivity contribution in [3.63, 3.8) is 0 Å². The first-order valence-electron chi connectivity index (χ1n) is 8.33. The van der Waals surface area contributed by atoms with Crippen LogP contribution < -0.4 is 10.9 Å². The van der Waals surface area contributed by atoms with E-state index in [2.05, 4.69) is 10.3 Å². The SMILES string of the molecule is O=C1CCCc2[nH]c(=O)c(C(=O)NCCCOCc3ccco3)cc21. The number of aromatic amines is 1. The Morgan fingerprint density at radius 1 is 1.32 bits per heavy atom. The number of fused-ring (bicyclic) bond motifs is 1. The number of rotatable bonds is 7. The van der Waals surface area contributed by atoms with E-state index in [9.17, 15) is 14.4 Å². The van der Waals surface area contributed by atoms with Gasteiger partial charge in [0.05, 0.1) is 6.26 Å². The molecule has 2 N–H and O–H groups in total. The highest BCUT2D eigenvalue weighted by molar-refractivity contribution is 6.01. The molecule has 1 aliphatic rings. The summed E-state index contributed by atoms with van der Waals surface area (Å²) in [6.07, 6.45) is 4.03. The van der Waals surface area contributed by atoms with Gasteiger partial charge in [-0.25, -0.2) is 0 Å². The number of pyridine rings is 1. The number of H-pyrrole nitrogens is 1. The second-order valence-corrected chi connectivity index (χ2v) is 5.92. The van der Waals surface area contributed by atoms with Crippen molar-refractivity contribution in [2.24, 2.45) is 0 Å². The van der Waals surface area contributed by atoms with E-state index in [0.717, 1.165) is 12.2 Å². The number of carbonyl (C=O) groups excluding carboxylic acids is 2. The van der Waals surface area contributed by atoms with E-state index in [1.807, 2.05) is 6.07 Å². The van der Waals surface area contributed by atoms with Crippen LogP contribution in [0.4, 0.5) is 0 Å². The minimum atomic E-state index is -0.478. The van der Waals surface area contributed by atoms with Crippen LogP contribution >= 0.6 is 0 Å². The maximum atomic E-state index is 12.2. The first-order valence-corrected chi connectivity index (χ1v) is 8.33. The standard InChI is InChI=1S/C18H20N2O5/c21-16-6-1-5-15-13(16)10-14(18(23)20-15)17(22)19-7-3-8-24-11-12-4-2-9-25-12/h2,4,9-10H,1,3,5-8,11H2,(H,19,22)(H,20,23). The highest BCUT2D eigenvalue weighted by atomic mass is 16.5. The molecule has 25 heavy (non-hydrogen) atoms. The largest absolute Gasteiger partial charge is 0.467 e. The zero-order chi connectivity index (χ0) is 17.6. The molecule has 2 heterocycles. The minimum Gasteiger partial charge on any atom is -0.467 e. The van der Waals surface area contributed by atoms with Gasteiger partial charge in [0, 0.05) is 30.8 Å². The summed E-state index contributed by atoms with van der Waals surface area (Å²) in [7, 11) is 0. The Hall–Kier alpha value is -2.67. The van der Waals surface area contributed by atoms with Crippen molar-refractivity contribution in [3.8, 4) is 0 Å². The molecule has 1 aliphatic carbocycles. The Morgan fingerprint density at radius 2 is 2.20 bits per heavy atom. The summed E-state index contributed by atoms with van der Waals surface area (Å²) in [6, 6.07) is 5.03. The quantitative estimate of drug-likeness (QED) is 0.746. The van der Waals surface area contributed by atoms with E-state index in [-0.39, 0.29) is 11.3 Å². The summed E-state index contributed by atoms with van der Waals surface area (Å²) in [4.78, 5) is 38.8. The van der Waals surface area contributed by atoms with Crippen molar-refractivity contribution in [1.82, 2.24) is 10.3 Å². The zero-order valence-corrected chi connectivity index (χ0v) is 13.8. The lowest BCUT2D eigenvalue weighted by Crippen LogP contribution is -2.32. The number of ketones is 1. The topological polar surface area (TPSA) is 101 Å². The summed E-state index contributed by atoms with van der Waals surface area (Å²) < 4.78 is 10.6. The first-order chi connectivity index (χ1) is 12.1. The highest BCUT2D eigenvalue weighted by Gasteiger charge is 2.21. The van der Waals surface area contributed by atoms with Crippen molar-refractivity contribution in [2.75, 3.05) is 13.2 Å². The Bertz CT molecular complexity index is 807. The van der Waals surface area contributed by atoms with Gasteiger partial charge in [0.15, 0.2) is 5.78 Å². The fourth-order valence-corrected chi connectivity index (χ4v) is 2.78. The predicted octanol–water partition coefficient (Wildman–Crippen LogP) is 1.82. The molecule has 1 amide bonds. The fourth-order valence-electron chi connectivity index (χ4n) is 2.78. The number of amides is 1. The Labute approximate surface area is 144 Å². The van der Waals surface area contributed by atoms with Gasteiger partial charge < -0.3 is 19.5 Å². The van der Waals surface area contributed by atoms with Gasteiger partial charge in [-0.05, 0) is 37.5 Å². The Kier molecular flexibility index (Phi) is 5.45. The van der Waals surface area contributed by atoms with Gasteiger partial charge in [-0.15, -0.1) is 0 Å². The molecule has 0 aliphatic heterocycles. The molecule has 0 atom stereocenters. The van der Waals surface area contributed by atoms with Crippen molar-refractivity contribution in [3.05, 3.63) is 57.4 Å². The number of ether oxygens (including phenoxy) is 1. The smallest absolute Gasteiger partial charge is 0.261 e. The second kappa shape index (κ2) is 7.94. The lowest BCUT2D eigenvalue weighted by atomic mass is 9.93. The first kappa shape index (κ1) is 17.2. The van der Waals surface area contributed by atoms with E-state index in [4.69, 9.17) is 9.15 Å². The van der Waals surface area contributed by atoms with Gasteiger partial charge >= 0.3 is 0 Å². The molecule has 7 heteroatoms. The predicted molar refractivity (Wildman–Crippen MR) is 89.6 cm³/mol. The molecule has 0 fully saturated rings. The molecule has 0 unspecified atom stereocenters. The zero-order valence-electron chi connectivity index (χ0n) is 13.8. The van der Waals surface area contributed by atoms with Crippen LogP contribution in [0.5, 0.6) is 0 Å². The van der Waals surface area contributed by atoms with Crippen LogP contribution in [0, 0.1) is 0 Å². The number of carbonyl (C=O) groups is 2. The molecule has 0 spiro atoms. The molecule has 0 radical (unpaired) electrons. The molecule has 7 nitrogen and oxygen atoms in total. The molecule has 2 aromatic rings. The number of aromatic nitrogens is 1. The van der Waals surface area contributed by atoms with Crippen LogP contribution in [-0.4, -0.2) is 29.8 Å². The van der Waals surface area contributed by atoms with Gasteiger partial charge in [-0.3, -0.25) is 14.4 Å². The summed E-state index contributed by atoms with van der Waals surface area (Å²) in [6.45, 7) is 1.22. The molecular formula is C18H20N2O5. The number of aryl methyl sites for hydroxylation is 1. The van der Waals surface area contributed by atoms with E-state index >= 15 is 0 Å². The van der Waals surface area contributed by atoms with Crippen LogP contribution in [0.15, 0.2) is 33.7 Å². The van der Waals surface area contributed by atoms with Crippen molar-refractivity contribution >= 4 is 11.7 Å². The van der Waals surface area contributed by atoms with Crippen molar-refractivity contribution < 1.29 is 18.7 Å². The molecule has 0 aromatic carbocycles. The van der Waals surface area contributed by atoms with Gasteiger partial charge in [-0.1, -0.05) is 0 Å². The van der Waals surface area contributed by atoms with E-state index in [0.29, 0.717) is 50.3 Å². The highest BCUT2D eigenvalue weighted by Crippen LogP contribution is 2.18. The monoisotopic (exact) mass is 344 g/mol. The average molecular weight is 344 g/mol. The van der Waals surface area contributed by atoms with Crippen LogP contribution in [0.3, 0.4) is 0 Å². The molecule has 0 saturated heterocycles. The fraction of sp³-hybridized carbons (Fsp3) is 0.389. The van der Waals surface area contributed by atoms with Gasteiger partial charge in [0.1, 0.15) is 17.9 Å². The number of Topliss-reactive ketones (excluding diaryl/α,β-unsaturated/α-hetero) is 1. The number of nitrogens with one attached hydrogen (secondary N) is 2. The molecular weight excluding hydrogens is 324 g/mol. The van der Waals surface area contributed by atoms with Crippen molar-refractivity contribution in [1.29, 1.82) is 0 Å². The summed E-state index contributed by atoms with van der Waals surface area (Å²) in [5.41, 5.74) is 0.604. The van der Waals surface area contributed by atoms with E-state index < -0.39 is 11.5 Å². The molecule has 2 aromatic heterocycles. The van der Waals surface area contributed by atoms with Gasteiger partial charge in [0.25, 0.3) is 11.5 Å². The molecule has 0 bridgehead atoms. The lowest BCUT2D eigenvalue weighted by Gasteiger charge is -2.15. The van der Waals surface area contributed by atoms with Gasteiger partial charge in [0.2, 0.25) is 0 Å². The third-order valence-corrected chi connectivity index (χ3v) is 4.07. The summed E-state index contributed by atoms with van der Waals surface area (Å²) in [5, 5.41) is 2.68. The summed E-state index contributed by atoms with van der Waals surface area (Å²) >= 11 is 0. The molecule has 3 rings (SSSR count). The third-order valence-electron chi connectivity index (χ3n) is 4.07. The van der Waals surface area contributed by atoms with Crippen LogP contribution in [0.2, 0.25) is 0 Å². The number of hydrogen-bond donors (Lipinski definition) is 2. The third kappa shape index (κ3) is 4.24. The van der Waals surface area contributed by atoms with Crippen LogP contribution in [0.1, 0.15) is 51.4 Å².